The summed E-state index contributed by atoms with van der Waals surface area (Å²) in [6, 6.07) is 8.88. The lowest BCUT2D eigenvalue weighted by molar-refractivity contribution is -0.0452. The number of thiophene rings is 1. The Hall–Kier alpha value is -1.27. The molecule has 5 heteroatoms. The Bertz CT molecular complexity index is 653. The van der Waals surface area contributed by atoms with Crippen LogP contribution in [0.5, 0.6) is 0 Å². The van der Waals surface area contributed by atoms with Crippen LogP contribution in [0.4, 0.5) is 0 Å². The smallest absolute Gasteiger partial charge is 0.0723 e. The zero-order valence-electron chi connectivity index (χ0n) is 14.9. The topological polar surface area (TPSA) is 28.6 Å². The second kappa shape index (κ2) is 7.54. The van der Waals surface area contributed by atoms with Crippen molar-refractivity contribution >= 4 is 11.3 Å². The van der Waals surface area contributed by atoms with Crippen molar-refractivity contribution in [1.29, 1.82) is 0 Å². The molecule has 2 aliphatic rings. The number of likely N-dealkylation sites (N-methyl/N-ethyl adjacent to an activating group) is 1. The van der Waals surface area contributed by atoms with Gasteiger partial charge in [-0.05, 0) is 60.8 Å². The van der Waals surface area contributed by atoms with E-state index in [-0.39, 0.29) is 5.60 Å². The van der Waals surface area contributed by atoms with Gasteiger partial charge in [0.25, 0.3) is 0 Å². The molecule has 4 nitrogen and oxygen atoms in total. The molecule has 2 aromatic heterocycles. The third-order valence-electron chi connectivity index (χ3n) is 5.70. The molecular weight excluding hydrogens is 330 g/mol. The highest BCUT2D eigenvalue weighted by Gasteiger charge is 2.43. The van der Waals surface area contributed by atoms with Crippen molar-refractivity contribution in [3.8, 4) is 0 Å². The number of ether oxygens (including phenoxy) is 1. The molecule has 4 rings (SSSR count). The number of nitrogens with zero attached hydrogens (tertiary/aromatic N) is 3. The zero-order chi connectivity index (χ0) is 17.1. The van der Waals surface area contributed by atoms with Crippen molar-refractivity contribution in [1.82, 2.24) is 14.8 Å². The van der Waals surface area contributed by atoms with E-state index in [1.807, 2.05) is 12.3 Å². The first-order chi connectivity index (χ1) is 12.2. The molecule has 0 N–H and O–H groups in total. The summed E-state index contributed by atoms with van der Waals surface area (Å²) in [5.41, 5.74) is 2.69. The van der Waals surface area contributed by atoms with E-state index in [0.29, 0.717) is 6.04 Å². The maximum atomic E-state index is 6.35. The highest BCUT2D eigenvalue weighted by molar-refractivity contribution is 7.07. The zero-order valence-corrected chi connectivity index (χ0v) is 15.8. The van der Waals surface area contributed by atoms with Crippen molar-refractivity contribution < 1.29 is 4.74 Å². The summed E-state index contributed by atoms with van der Waals surface area (Å²) >= 11 is 1.79. The first kappa shape index (κ1) is 17.2. The average Bonchev–Trinajstić information content (AvgIpc) is 3.29. The molecule has 0 bridgehead atoms. The third-order valence-corrected chi connectivity index (χ3v) is 6.44. The summed E-state index contributed by atoms with van der Waals surface area (Å²) in [6.07, 6.45) is 5.35. The maximum absolute atomic E-state index is 6.35. The summed E-state index contributed by atoms with van der Waals surface area (Å²) < 4.78 is 6.35. The Morgan fingerprint density at radius 3 is 2.92 bits per heavy atom. The Balaban J connectivity index is 1.28. The minimum Gasteiger partial charge on any atom is -0.373 e. The van der Waals surface area contributed by atoms with Gasteiger partial charge in [0, 0.05) is 38.4 Å². The van der Waals surface area contributed by atoms with E-state index in [1.165, 1.54) is 5.56 Å². The van der Waals surface area contributed by atoms with E-state index in [2.05, 4.69) is 50.8 Å². The molecule has 0 unspecified atom stereocenters. The fraction of sp³-hybridized carbons (Fsp3) is 0.550. The van der Waals surface area contributed by atoms with Crippen molar-refractivity contribution in [3.63, 3.8) is 0 Å². The molecule has 4 heterocycles. The van der Waals surface area contributed by atoms with Crippen LogP contribution < -0.4 is 0 Å². The van der Waals surface area contributed by atoms with Gasteiger partial charge in [0.15, 0.2) is 0 Å². The van der Waals surface area contributed by atoms with Gasteiger partial charge in [0.2, 0.25) is 0 Å². The summed E-state index contributed by atoms with van der Waals surface area (Å²) in [7, 11) is 2.20. The van der Waals surface area contributed by atoms with Gasteiger partial charge in [-0.1, -0.05) is 6.07 Å². The Morgan fingerprint density at radius 1 is 1.32 bits per heavy atom. The van der Waals surface area contributed by atoms with Crippen molar-refractivity contribution in [3.05, 3.63) is 52.5 Å². The Labute approximate surface area is 154 Å². The lowest BCUT2D eigenvalue weighted by atomic mass is 9.87. The van der Waals surface area contributed by atoms with Gasteiger partial charge in [-0.2, -0.15) is 11.3 Å². The van der Waals surface area contributed by atoms with Crippen LogP contribution >= 0.6 is 11.3 Å². The van der Waals surface area contributed by atoms with Gasteiger partial charge < -0.3 is 4.74 Å². The molecule has 134 valence electrons. The molecule has 0 amide bonds. The average molecular weight is 358 g/mol. The molecular formula is C20H27N3OS. The van der Waals surface area contributed by atoms with Crippen LogP contribution in [0.1, 0.15) is 30.5 Å². The van der Waals surface area contributed by atoms with Crippen LogP contribution in [0.25, 0.3) is 0 Å². The number of piperidine rings is 1. The lowest BCUT2D eigenvalue weighted by Crippen LogP contribution is -2.44. The molecule has 1 spiro atoms. The fourth-order valence-electron chi connectivity index (χ4n) is 4.09. The Morgan fingerprint density at radius 2 is 2.20 bits per heavy atom. The normalized spacial score (nSPS) is 23.5. The fourth-order valence-corrected chi connectivity index (χ4v) is 4.75. The van der Waals surface area contributed by atoms with Crippen molar-refractivity contribution in [2.75, 3.05) is 26.7 Å². The number of hydrogen-bond acceptors (Lipinski definition) is 5. The Kier molecular flexibility index (Phi) is 5.17. The molecule has 25 heavy (non-hydrogen) atoms. The van der Waals surface area contributed by atoms with E-state index in [1.54, 1.807) is 11.3 Å². The molecule has 2 saturated heterocycles. The van der Waals surface area contributed by atoms with Gasteiger partial charge >= 0.3 is 0 Å². The van der Waals surface area contributed by atoms with Crippen molar-refractivity contribution in [2.24, 2.45) is 0 Å². The molecule has 2 fully saturated rings. The minimum absolute atomic E-state index is 0.105. The maximum Gasteiger partial charge on any atom is 0.0723 e. The van der Waals surface area contributed by atoms with E-state index < -0.39 is 0 Å². The van der Waals surface area contributed by atoms with Crippen LogP contribution in [0.3, 0.4) is 0 Å². The van der Waals surface area contributed by atoms with Crippen LogP contribution in [0.15, 0.2) is 41.2 Å². The molecule has 1 atom stereocenters. The van der Waals surface area contributed by atoms with Gasteiger partial charge in [-0.25, -0.2) is 0 Å². The second-order valence-corrected chi connectivity index (χ2v) is 8.28. The summed E-state index contributed by atoms with van der Waals surface area (Å²) in [6.45, 7) is 5.13. The summed E-state index contributed by atoms with van der Waals surface area (Å²) in [5.74, 6) is 0. The number of hydrogen-bond donors (Lipinski definition) is 0. The number of rotatable bonds is 5. The third kappa shape index (κ3) is 4.11. The lowest BCUT2D eigenvalue weighted by Gasteiger charge is -2.39. The SMILES string of the molecule is CN(Cc1ccccn1)[C@@H]1COC2(CCN(Cc3ccsc3)CC2)C1. The van der Waals surface area contributed by atoms with Gasteiger partial charge in [0.05, 0.1) is 17.9 Å². The van der Waals surface area contributed by atoms with Crippen LogP contribution in [-0.4, -0.2) is 53.2 Å². The molecule has 0 radical (unpaired) electrons. The van der Waals surface area contributed by atoms with Crippen LogP contribution in [-0.2, 0) is 17.8 Å². The molecule has 0 aliphatic carbocycles. The highest BCUT2D eigenvalue weighted by Crippen LogP contribution is 2.38. The van der Waals surface area contributed by atoms with Crippen LogP contribution in [0.2, 0.25) is 0 Å². The van der Waals surface area contributed by atoms with Crippen LogP contribution in [0, 0.1) is 0 Å². The van der Waals surface area contributed by atoms with Gasteiger partial charge in [-0.15, -0.1) is 0 Å². The standard InChI is InChI=1S/C20H27N3OS/c1-22(14-18-4-2-3-8-21-18)19-12-20(24-15-19)6-9-23(10-7-20)13-17-5-11-25-16-17/h2-5,8,11,16,19H,6-7,9-10,12-15H2,1H3/t19-/m0/s1. The highest BCUT2D eigenvalue weighted by atomic mass is 32.1. The molecule has 0 saturated carbocycles. The van der Waals surface area contributed by atoms with E-state index in [0.717, 1.165) is 57.7 Å². The van der Waals surface area contributed by atoms with E-state index in [9.17, 15) is 0 Å². The van der Waals surface area contributed by atoms with E-state index >= 15 is 0 Å². The second-order valence-electron chi connectivity index (χ2n) is 7.50. The van der Waals surface area contributed by atoms with Gasteiger partial charge in [-0.3, -0.25) is 14.8 Å². The van der Waals surface area contributed by atoms with Crippen molar-refractivity contribution in [2.45, 2.75) is 44.0 Å². The molecule has 2 aliphatic heterocycles. The predicted molar refractivity (Wildman–Crippen MR) is 102 cm³/mol. The minimum atomic E-state index is 0.105. The summed E-state index contributed by atoms with van der Waals surface area (Å²) in [4.78, 5) is 9.43. The predicted octanol–water partition coefficient (Wildman–Crippen LogP) is 3.40. The number of likely N-dealkylation sites (tertiary alicyclic amines) is 1. The molecule has 0 aromatic carbocycles. The number of pyridine rings is 1. The monoisotopic (exact) mass is 357 g/mol. The first-order valence-electron chi connectivity index (χ1n) is 9.20. The first-order valence-corrected chi connectivity index (χ1v) is 10.1. The number of aromatic nitrogens is 1. The molecule has 2 aromatic rings. The quantitative estimate of drug-likeness (QED) is 0.820. The van der Waals surface area contributed by atoms with E-state index in [4.69, 9.17) is 4.74 Å². The van der Waals surface area contributed by atoms with Gasteiger partial charge in [0.1, 0.15) is 0 Å². The summed E-state index contributed by atoms with van der Waals surface area (Å²) in [5, 5.41) is 4.43. The largest absolute Gasteiger partial charge is 0.373 e.